The Labute approximate surface area is 111 Å². The molecule has 0 N–H and O–H groups in total. The van der Waals surface area contributed by atoms with Crippen LogP contribution in [0.5, 0.6) is 5.75 Å². The number of ether oxygens (including phenoxy) is 1. The number of rotatable bonds is 2. The third-order valence-electron chi connectivity index (χ3n) is 1.95. The van der Waals surface area contributed by atoms with Crippen molar-refractivity contribution in [3.05, 3.63) is 66.2 Å². The minimum absolute atomic E-state index is 0.110. The number of carbonyl (C=O) groups is 1. The van der Waals surface area contributed by atoms with Gasteiger partial charge in [-0.15, -0.1) is 0 Å². The molecule has 0 fully saturated rings. The lowest BCUT2D eigenvalue weighted by atomic mass is 10.2. The van der Waals surface area contributed by atoms with Gasteiger partial charge in [0.1, 0.15) is 12.4 Å². The van der Waals surface area contributed by atoms with E-state index in [0.29, 0.717) is 5.75 Å². The monoisotopic (exact) mass is 263 g/mol. The Balaban J connectivity index is 0.000000184. The zero-order chi connectivity index (χ0) is 13.2. The molecule has 4 heteroatoms. The molecule has 2 aromatic rings. The molecule has 0 amide bonds. The van der Waals surface area contributed by atoms with E-state index >= 15 is 0 Å². The van der Waals surface area contributed by atoms with Crippen molar-refractivity contribution in [3.8, 4) is 5.75 Å². The molecule has 0 aliphatic carbocycles. The van der Waals surface area contributed by atoms with E-state index in [9.17, 15) is 9.90 Å². The molecule has 3 nitrogen and oxygen atoms in total. The molecule has 0 saturated carbocycles. The number of hydrogen-bond donors (Lipinski definition) is 0. The summed E-state index contributed by atoms with van der Waals surface area (Å²) < 4.78 is 4.54. The van der Waals surface area contributed by atoms with Gasteiger partial charge in [0.15, 0.2) is 0 Å². The first-order chi connectivity index (χ1) is 8.72. The highest BCUT2D eigenvalue weighted by atomic mass is 35.5. The first kappa shape index (κ1) is 14.2. The maximum atomic E-state index is 10.2. The second-order valence-corrected chi connectivity index (χ2v) is 3.59. The second-order valence-electron chi connectivity index (χ2n) is 3.28. The van der Waals surface area contributed by atoms with Crippen LogP contribution in [0.25, 0.3) is 0 Å². The first-order valence-corrected chi connectivity index (χ1v) is 5.64. The van der Waals surface area contributed by atoms with E-state index < -0.39 is 5.43 Å². The van der Waals surface area contributed by atoms with Crippen LogP contribution in [0.3, 0.4) is 0 Å². The van der Waals surface area contributed by atoms with Crippen molar-refractivity contribution < 1.29 is 14.6 Å². The van der Waals surface area contributed by atoms with Gasteiger partial charge in [-0.1, -0.05) is 48.5 Å². The Morgan fingerprint density at radius 3 is 1.83 bits per heavy atom. The fourth-order valence-electron chi connectivity index (χ4n) is 1.16. The summed E-state index contributed by atoms with van der Waals surface area (Å²) in [6.07, 6.45) is 0. The van der Waals surface area contributed by atoms with Gasteiger partial charge in [0.25, 0.3) is 0 Å². The van der Waals surface area contributed by atoms with Crippen LogP contribution >= 0.6 is 11.6 Å². The lowest BCUT2D eigenvalue weighted by molar-refractivity contribution is 0.177. The van der Waals surface area contributed by atoms with E-state index in [0.717, 1.165) is 5.56 Å². The van der Waals surface area contributed by atoms with Gasteiger partial charge in [0, 0.05) is 11.6 Å². The molecule has 0 bridgehead atoms. The van der Waals surface area contributed by atoms with Gasteiger partial charge in [-0.05, 0) is 17.7 Å². The third-order valence-corrected chi connectivity index (χ3v) is 2.03. The number of para-hydroxylation sites is 1. The average Bonchev–Trinajstić information content (AvgIpc) is 2.41. The summed E-state index contributed by atoms with van der Waals surface area (Å²) in [6.45, 7) is -0.110. The van der Waals surface area contributed by atoms with Crippen LogP contribution in [0.1, 0.15) is 5.56 Å². The van der Waals surface area contributed by atoms with Crippen LogP contribution in [0.15, 0.2) is 60.7 Å². The van der Waals surface area contributed by atoms with Gasteiger partial charge in [-0.25, -0.2) is 9.90 Å². The van der Waals surface area contributed by atoms with E-state index in [1.165, 1.54) is 0 Å². The lowest BCUT2D eigenvalue weighted by Gasteiger charge is -1.95. The number of benzene rings is 2. The van der Waals surface area contributed by atoms with E-state index in [2.05, 4.69) is 4.74 Å². The fourth-order valence-corrected chi connectivity index (χ4v) is 1.24. The average molecular weight is 264 g/mol. The van der Waals surface area contributed by atoms with Gasteiger partial charge in [-0.3, -0.25) is 0 Å². The van der Waals surface area contributed by atoms with Crippen molar-refractivity contribution in [2.45, 2.75) is 6.61 Å². The minimum Gasteiger partial charge on any atom is -0.415 e. The lowest BCUT2D eigenvalue weighted by Crippen LogP contribution is -1.94. The molecule has 1 radical (unpaired) electrons. The third kappa shape index (κ3) is 6.03. The van der Waals surface area contributed by atoms with Gasteiger partial charge in [0.2, 0.25) is 0 Å². The second kappa shape index (κ2) is 8.28. The molecular formula is C14H12ClO3. The standard InChI is InChI=1S/C7H5ClO2.C7H7O/c8-7(9)10-6-4-2-1-3-5-6;8-6-7-4-2-1-3-5-7/h1-5H;1-5H,6H2. The van der Waals surface area contributed by atoms with Crippen molar-refractivity contribution in [1.29, 1.82) is 0 Å². The maximum Gasteiger partial charge on any atom is 0.409 e. The molecule has 0 aliphatic rings. The molecule has 0 unspecified atom stereocenters. The zero-order valence-electron chi connectivity index (χ0n) is 9.58. The van der Waals surface area contributed by atoms with Crippen LogP contribution in [0.4, 0.5) is 4.79 Å². The van der Waals surface area contributed by atoms with Gasteiger partial charge < -0.3 is 4.74 Å². The van der Waals surface area contributed by atoms with Crippen LogP contribution in [0, 0.1) is 0 Å². The van der Waals surface area contributed by atoms with E-state index in [1.807, 2.05) is 36.4 Å². The number of hydrogen-bond acceptors (Lipinski definition) is 2. The summed E-state index contributed by atoms with van der Waals surface area (Å²) in [4.78, 5) is 10.2. The van der Waals surface area contributed by atoms with Crippen LogP contribution in [-0.2, 0) is 11.7 Å². The molecule has 0 saturated heterocycles. The summed E-state index contributed by atoms with van der Waals surface area (Å²) in [5.74, 6) is 0.461. The van der Waals surface area contributed by atoms with E-state index in [-0.39, 0.29) is 6.61 Å². The highest BCUT2D eigenvalue weighted by Crippen LogP contribution is 2.09. The smallest absolute Gasteiger partial charge is 0.409 e. The van der Waals surface area contributed by atoms with Gasteiger partial charge >= 0.3 is 5.43 Å². The summed E-state index contributed by atoms with van der Waals surface area (Å²) in [5.41, 5.74) is 0.0405. The van der Waals surface area contributed by atoms with Crippen LogP contribution < -0.4 is 4.74 Å². The van der Waals surface area contributed by atoms with E-state index in [1.54, 1.807) is 24.3 Å². The quantitative estimate of drug-likeness (QED) is 0.768. The normalized spacial score (nSPS) is 9.00. The van der Waals surface area contributed by atoms with Crippen LogP contribution in [0.2, 0.25) is 0 Å². The largest absolute Gasteiger partial charge is 0.415 e. The summed E-state index contributed by atoms with van der Waals surface area (Å²) in [7, 11) is 0. The van der Waals surface area contributed by atoms with Gasteiger partial charge in [0.05, 0.1) is 0 Å². The number of halogens is 1. The summed E-state index contributed by atoms with van der Waals surface area (Å²) in [6, 6.07) is 17.9. The molecule has 2 aromatic carbocycles. The Hall–Kier alpha value is -1.84. The highest BCUT2D eigenvalue weighted by Gasteiger charge is 1.95. The molecule has 2 rings (SSSR count). The molecule has 0 atom stereocenters. The topological polar surface area (TPSA) is 46.2 Å². The Bertz CT molecular complexity index is 457. The SMILES string of the molecule is O=C(Cl)Oc1ccccc1.[O]Cc1ccccc1. The van der Waals surface area contributed by atoms with Crippen LogP contribution in [-0.4, -0.2) is 5.43 Å². The zero-order valence-corrected chi connectivity index (χ0v) is 10.3. The molecule has 0 aliphatic heterocycles. The molecule has 93 valence electrons. The predicted octanol–water partition coefficient (Wildman–Crippen LogP) is 4.04. The summed E-state index contributed by atoms with van der Waals surface area (Å²) >= 11 is 4.95. The van der Waals surface area contributed by atoms with Crippen molar-refractivity contribution in [1.82, 2.24) is 0 Å². The van der Waals surface area contributed by atoms with Crippen molar-refractivity contribution in [2.24, 2.45) is 0 Å². The Morgan fingerprint density at radius 1 is 0.944 bits per heavy atom. The number of carbonyl (C=O) groups excluding carboxylic acids is 1. The molecule has 18 heavy (non-hydrogen) atoms. The maximum absolute atomic E-state index is 10.2. The molecule has 0 heterocycles. The highest BCUT2D eigenvalue weighted by molar-refractivity contribution is 6.61. The van der Waals surface area contributed by atoms with Gasteiger partial charge in [-0.2, -0.15) is 0 Å². The minimum atomic E-state index is -0.814. The predicted molar refractivity (Wildman–Crippen MR) is 69.2 cm³/mol. The Kier molecular flexibility index (Phi) is 6.54. The first-order valence-electron chi connectivity index (χ1n) is 5.26. The molecule has 0 aromatic heterocycles. The van der Waals surface area contributed by atoms with Crippen molar-refractivity contribution in [2.75, 3.05) is 0 Å². The van der Waals surface area contributed by atoms with Crippen molar-refractivity contribution in [3.63, 3.8) is 0 Å². The summed E-state index contributed by atoms with van der Waals surface area (Å²) in [5, 5.41) is 10.1. The van der Waals surface area contributed by atoms with E-state index in [4.69, 9.17) is 11.6 Å². The Morgan fingerprint density at radius 2 is 1.44 bits per heavy atom. The fraction of sp³-hybridized carbons (Fsp3) is 0.0714. The molecular weight excluding hydrogens is 252 g/mol. The van der Waals surface area contributed by atoms with Crippen molar-refractivity contribution >= 4 is 17.0 Å². The molecule has 0 spiro atoms.